The minimum absolute atomic E-state index is 0.361. The molecular weight excluding hydrogens is 246 g/mol. The molecule has 2 N–H and O–H groups in total. The Morgan fingerprint density at radius 1 is 1.17 bits per heavy atom. The van der Waals surface area contributed by atoms with E-state index in [1.54, 1.807) is 0 Å². The number of thioether (sulfide) groups is 1. The summed E-state index contributed by atoms with van der Waals surface area (Å²) < 4.78 is 11.1. The van der Waals surface area contributed by atoms with E-state index >= 15 is 0 Å². The molecule has 3 unspecified atom stereocenters. The van der Waals surface area contributed by atoms with E-state index in [1.165, 1.54) is 11.3 Å². The number of benzene rings is 1. The zero-order chi connectivity index (χ0) is 12.5. The van der Waals surface area contributed by atoms with E-state index in [2.05, 4.69) is 19.1 Å². The summed E-state index contributed by atoms with van der Waals surface area (Å²) in [4.78, 5) is 1.25. The second-order valence-corrected chi connectivity index (χ2v) is 6.37. The molecule has 3 nitrogen and oxygen atoms in total. The van der Waals surface area contributed by atoms with Crippen molar-refractivity contribution in [3.63, 3.8) is 0 Å². The molecule has 0 aromatic heterocycles. The van der Waals surface area contributed by atoms with Gasteiger partial charge in [-0.2, -0.15) is 0 Å². The third kappa shape index (κ3) is 2.31. The van der Waals surface area contributed by atoms with Gasteiger partial charge in [0.15, 0.2) is 11.5 Å². The van der Waals surface area contributed by atoms with Crippen molar-refractivity contribution in [2.75, 3.05) is 13.2 Å². The van der Waals surface area contributed by atoms with Crippen LogP contribution in [0.2, 0.25) is 0 Å². The highest BCUT2D eigenvalue weighted by molar-refractivity contribution is 8.00. The van der Waals surface area contributed by atoms with Crippen LogP contribution in [0.15, 0.2) is 23.1 Å². The predicted octanol–water partition coefficient (Wildman–Crippen LogP) is 2.68. The number of fused-ring (bicyclic) bond motifs is 1. The summed E-state index contributed by atoms with van der Waals surface area (Å²) in [6.45, 7) is 3.55. The van der Waals surface area contributed by atoms with Gasteiger partial charge in [-0.05, 0) is 37.0 Å². The molecule has 1 aromatic carbocycles. The summed E-state index contributed by atoms with van der Waals surface area (Å²) in [5.41, 5.74) is 6.08. The van der Waals surface area contributed by atoms with Gasteiger partial charge in [0.05, 0.1) is 0 Å². The van der Waals surface area contributed by atoms with Crippen LogP contribution in [0.3, 0.4) is 0 Å². The Labute approximate surface area is 112 Å². The summed E-state index contributed by atoms with van der Waals surface area (Å²) in [6.07, 6.45) is 2.35. The van der Waals surface area contributed by atoms with E-state index in [1.807, 2.05) is 17.8 Å². The van der Waals surface area contributed by atoms with Crippen molar-refractivity contribution >= 4 is 11.8 Å². The number of rotatable bonds is 2. The molecule has 4 heteroatoms. The van der Waals surface area contributed by atoms with Crippen molar-refractivity contribution < 1.29 is 9.47 Å². The molecule has 3 rings (SSSR count). The Kier molecular flexibility index (Phi) is 3.39. The highest BCUT2D eigenvalue weighted by Gasteiger charge is 2.31. The second kappa shape index (κ2) is 5.02. The van der Waals surface area contributed by atoms with E-state index in [-0.39, 0.29) is 0 Å². The quantitative estimate of drug-likeness (QED) is 0.893. The second-order valence-electron chi connectivity index (χ2n) is 5.06. The SMILES string of the molecule is CC1C(N)CCC1Sc1ccc2c(c1)OCCO2. The van der Waals surface area contributed by atoms with Gasteiger partial charge in [0.2, 0.25) is 0 Å². The lowest BCUT2D eigenvalue weighted by atomic mass is 10.1. The third-order valence-electron chi connectivity index (χ3n) is 3.85. The molecule has 98 valence electrons. The minimum atomic E-state index is 0.361. The molecule has 0 radical (unpaired) electrons. The Morgan fingerprint density at radius 3 is 2.67 bits per heavy atom. The molecule has 1 aromatic rings. The monoisotopic (exact) mass is 265 g/mol. The highest BCUT2D eigenvalue weighted by Crippen LogP contribution is 2.41. The van der Waals surface area contributed by atoms with Crippen LogP contribution in [0, 0.1) is 5.92 Å². The number of hydrogen-bond acceptors (Lipinski definition) is 4. The third-order valence-corrected chi connectivity index (χ3v) is 5.34. The maximum Gasteiger partial charge on any atom is 0.162 e. The molecule has 1 fully saturated rings. The molecular formula is C14H19NO2S. The van der Waals surface area contributed by atoms with E-state index in [0.29, 0.717) is 30.4 Å². The summed E-state index contributed by atoms with van der Waals surface area (Å²) in [7, 11) is 0. The minimum Gasteiger partial charge on any atom is -0.486 e. The average molecular weight is 265 g/mol. The standard InChI is InChI=1S/C14H19NO2S/c1-9-11(15)3-5-14(9)18-10-2-4-12-13(8-10)17-7-6-16-12/h2,4,8-9,11,14H,3,5-7,15H2,1H3. The molecule has 18 heavy (non-hydrogen) atoms. The van der Waals surface area contributed by atoms with Gasteiger partial charge < -0.3 is 15.2 Å². The van der Waals surface area contributed by atoms with E-state index in [4.69, 9.17) is 15.2 Å². The molecule has 0 spiro atoms. The summed E-state index contributed by atoms with van der Waals surface area (Å²) in [6, 6.07) is 6.58. The molecule has 1 heterocycles. The fourth-order valence-corrected chi connectivity index (χ4v) is 3.94. The predicted molar refractivity (Wildman–Crippen MR) is 73.5 cm³/mol. The van der Waals surface area contributed by atoms with Crippen molar-refractivity contribution in [2.24, 2.45) is 11.7 Å². The fraction of sp³-hybridized carbons (Fsp3) is 0.571. The van der Waals surface area contributed by atoms with Crippen LogP contribution in [0.1, 0.15) is 19.8 Å². The maximum absolute atomic E-state index is 6.08. The lowest BCUT2D eigenvalue weighted by Gasteiger charge is -2.21. The first-order chi connectivity index (χ1) is 8.74. The number of ether oxygens (including phenoxy) is 2. The van der Waals surface area contributed by atoms with Crippen LogP contribution >= 0.6 is 11.8 Å². The Balaban J connectivity index is 1.73. The van der Waals surface area contributed by atoms with Gasteiger partial charge in [0.25, 0.3) is 0 Å². The van der Waals surface area contributed by atoms with Crippen LogP contribution in [0.25, 0.3) is 0 Å². The Bertz CT molecular complexity index is 438. The van der Waals surface area contributed by atoms with Crippen LogP contribution in [0.5, 0.6) is 11.5 Å². The lowest BCUT2D eigenvalue weighted by Crippen LogP contribution is -2.25. The van der Waals surface area contributed by atoms with Crippen molar-refractivity contribution in [1.82, 2.24) is 0 Å². The van der Waals surface area contributed by atoms with Crippen molar-refractivity contribution in [2.45, 2.75) is 36.0 Å². The first-order valence-corrected chi connectivity index (χ1v) is 7.44. The van der Waals surface area contributed by atoms with Crippen molar-refractivity contribution in [1.29, 1.82) is 0 Å². The van der Waals surface area contributed by atoms with Gasteiger partial charge in [0.1, 0.15) is 13.2 Å². The average Bonchev–Trinajstić information content (AvgIpc) is 2.71. The smallest absolute Gasteiger partial charge is 0.162 e. The van der Waals surface area contributed by atoms with Gasteiger partial charge in [-0.15, -0.1) is 11.8 Å². The Hall–Kier alpha value is -0.870. The van der Waals surface area contributed by atoms with Gasteiger partial charge in [-0.3, -0.25) is 0 Å². The van der Waals surface area contributed by atoms with Crippen LogP contribution in [-0.2, 0) is 0 Å². The van der Waals surface area contributed by atoms with E-state index in [0.717, 1.165) is 17.9 Å². The first-order valence-electron chi connectivity index (χ1n) is 6.56. The molecule has 1 aliphatic heterocycles. The summed E-state index contributed by atoms with van der Waals surface area (Å²) >= 11 is 1.92. The molecule has 0 bridgehead atoms. The van der Waals surface area contributed by atoms with Crippen LogP contribution < -0.4 is 15.2 Å². The van der Waals surface area contributed by atoms with Crippen molar-refractivity contribution in [3.05, 3.63) is 18.2 Å². The van der Waals surface area contributed by atoms with Crippen molar-refractivity contribution in [3.8, 4) is 11.5 Å². The van der Waals surface area contributed by atoms with Crippen LogP contribution in [0.4, 0.5) is 0 Å². The topological polar surface area (TPSA) is 44.5 Å². The fourth-order valence-electron chi connectivity index (χ4n) is 2.60. The Morgan fingerprint density at radius 2 is 1.94 bits per heavy atom. The zero-order valence-corrected chi connectivity index (χ0v) is 11.4. The van der Waals surface area contributed by atoms with Gasteiger partial charge in [-0.25, -0.2) is 0 Å². The largest absolute Gasteiger partial charge is 0.486 e. The number of hydrogen-bond donors (Lipinski definition) is 1. The summed E-state index contributed by atoms with van der Waals surface area (Å²) in [5.74, 6) is 2.33. The lowest BCUT2D eigenvalue weighted by molar-refractivity contribution is 0.171. The molecule has 0 amide bonds. The van der Waals surface area contributed by atoms with E-state index in [9.17, 15) is 0 Å². The zero-order valence-electron chi connectivity index (χ0n) is 10.6. The highest BCUT2D eigenvalue weighted by atomic mass is 32.2. The van der Waals surface area contributed by atoms with E-state index < -0.39 is 0 Å². The maximum atomic E-state index is 6.08. The normalized spacial score (nSPS) is 30.4. The molecule has 3 atom stereocenters. The van der Waals surface area contributed by atoms with Crippen LogP contribution in [-0.4, -0.2) is 24.5 Å². The van der Waals surface area contributed by atoms with Gasteiger partial charge >= 0.3 is 0 Å². The first kappa shape index (κ1) is 12.2. The number of nitrogens with two attached hydrogens (primary N) is 1. The molecule has 1 aliphatic carbocycles. The summed E-state index contributed by atoms with van der Waals surface area (Å²) in [5, 5.41) is 0.627. The van der Waals surface area contributed by atoms with Gasteiger partial charge in [0, 0.05) is 16.2 Å². The van der Waals surface area contributed by atoms with Gasteiger partial charge in [-0.1, -0.05) is 6.92 Å². The molecule has 2 aliphatic rings. The molecule has 0 saturated heterocycles. The molecule has 1 saturated carbocycles.